The molecule has 1 N–H and O–H groups in total. The number of rotatable bonds is 7. The van der Waals surface area contributed by atoms with Gasteiger partial charge in [0.25, 0.3) is 5.91 Å². The van der Waals surface area contributed by atoms with E-state index >= 15 is 0 Å². The van der Waals surface area contributed by atoms with E-state index in [1.54, 1.807) is 12.1 Å². The predicted octanol–water partition coefficient (Wildman–Crippen LogP) is 3.37. The van der Waals surface area contributed by atoms with Gasteiger partial charge in [-0.3, -0.25) is 4.79 Å². The maximum absolute atomic E-state index is 13.2. The number of hydrogen-bond donors (Lipinski definition) is 1. The topological polar surface area (TPSA) is 75.7 Å². The Labute approximate surface area is 178 Å². The molecule has 1 saturated heterocycles. The summed E-state index contributed by atoms with van der Waals surface area (Å²) < 4.78 is 33.7. The molecule has 0 aromatic heterocycles. The minimum Gasteiger partial charge on any atom is -0.493 e. The van der Waals surface area contributed by atoms with Gasteiger partial charge in [-0.15, -0.1) is 0 Å². The lowest BCUT2D eigenvalue weighted by Crippen LogP contribution is -2.42. The third-order valence-corrected chi connectivity index (χ3v) is 7.20. The van der Waals surface area contributed by atoms with Crippen LogP contribution in [0.1, 0.15) is 41.6 Å². The van der Waals surface area contributed by atoms with E-state index in [4.69, 9.17) is 4.74 Å². The maximum Gasteiger partial charge on any atom is 0.254 e. The third-order valence-electron chi connectivity index (χ3n) is 5.68. The SMILES string of the molecule is Cc1ccc(S(=O)(=O)NC2CC2)cc1C(=O)N1CCCC(COc2ccccc2)C1. The molecule has 2 aliphatic rings. The molecule has 0 spiro atoms. The molecule has 2 aromatic carbocycles. The van der Waals surface area contributed by atoms with Crippen molar-refractivity contribution in [3.8, 4) is 5.75 Å². The number of carbonyl (C=O) groups is 1. The number of carbonyl (C=O) groups excluding carboxylic acids is 1. The average Bonchev–Trinajstić information content (AvgIpc) is 3.56. The van der Waals surface area contributed by atoms with E-state index < -0.39 is 10.0 Å². The molecule has 1 atom stereocenters. The van der Waals surface area contributed by atoms with E-state index in [0.717, 1.165) is 37.0 Å². The van der Waals surface area contributed by atoms with Gasteiger partial charge in [0.2, 0.25) is 10.0 Å². The van der Waals surface area contributed by atoms with Gasteiger partial charge in [0.15, 0.2) is 0 Å². The molecule has 160 valence electrons. The molecule has 2 aromatic rings. The first-order chi connectivity index (χ1) is 14.4. The first-order valence-electron chi connectivity index (χ1n) is 10.5. The van der Waals surface area contributed by atoms with Crippen molar-refractivity contribution < 1.29 is 17.9 Å². The molecule has 1 aliphatic carbocycles. The summed E-state index contributed by atoms with van der Waals surface area (Å²) in [5.74, 6) is 0.977. The van der Waals surface area contributed by atoms with Gasteiger partial charge in [0.1, 0.15) is 5.75 Å². The van der Waals surface area contributed by atoms with Crippen LogP contribution >= 0.6 is 0 Å². The Morgan fingerprint density at radius 2 is 1.90 bits per heavy atom. The van der Waals surface area contributed by atoms with Gasteiger partial charge in [-0.2, -0.15) is 0 Å². The normalized spacial score (nSPS) is 19.5. The van der Waals surface area contributed by atoms with Crippen LogP contribution in [0.2, 0.25) is 0 Å². The molecular weight excluding hydrogens is 400 g/mol. The van der Waals surface area contributed by atoms with Crippen molar-refractivity contribution in [2.45, 2.75) is 43.5 Å². The highest BCUT2D eigenvalue weighted by Gasteiger charge is 2.30. The Kier molecular flexibility index (Phi) is 6.11. The zero-order valence-corrected chi connectivity index (χ0v) is 18.0. The van der Waals surface area contributed by atoms with E-state index in [-0.39, 0.29) is 22.8 Å². The summed E-state index contributed by atoms with van der Waals surface area (Å²) in [5.41, 5.74) is 1.24. The van der Waals surface area contributed by atoms with Crippen LogP contribution in [0.15, 0.2) is 53.4 Å². The molecule has 0 radical (unpaired) electrons. The summed E-state index contributed by atoms with van der Waals surface area (Å²) in [6.45, 7) is 3.70. The largest absolute Gasteiger partial charge is 0.493 e. The molecule has 1 aliphatic heterocycles. The molecule has 1 saturated carbocycles. The highest BCUT2D eigenvalue weighted by molar-refractivity contribution is 7.89. The number of ether oxygens (including phenoxy) is 1. The van der Waals surface area contributed by atoms with Crippen molar-refractivity contribution in [3.05, 3.63) is 59.7 Å². The number of nitrogens with zero attached hydrogens (tertiary/aromatic N) is 1. The van der Waals surface area contributed by atoms with Crippen molar-refractivity contribution in [2.75, 3.05) is 19.7 Å². The summed E-state index contributed by atoms with van der Waals surface area (Å²) in [5, 5.41) is 0. The van der Waals surface area contributed by atoms with Crippen LogP contribution in [0.5, 0.6) is 5.75 Å². The standard InChI is InChI=1S/C23H28N2O4S/c1-17-9-12-21(30(27,28)24-19-10-11-19)14-22(17)23(26)25-13-5-6-18(15-25)16-29-20-7-3-2-4-8-20/h2-4,7-9,12,14,18-19,24H,5-6,10-11,13,15-16H2,1H3. The lowest BCUT2D eigenvalue weighted by molar-refractivity contribution is 0.0632. The zero-order valence-electron chi connectivity index (χ0n) is 17.2. The van der Waals surface area contributed by atoms with E-state index in [2.05, 4.69) is 4.72 Å². The Hall–Kier alpha value is -2.38. The molecule has 1 amide bonds. The molecule has 1 unspecified atom stereocenters. The molecule has 1 heterocycles. The number of sulfonamides is 1. The molecule has 7 heteroatoms. The minimum absolute atomic E-state index is 0.0305. The summed E-state index contributed by atoms with van der Waals surface area (Å²) >= 11 is 0. The van der Waals surface area contributed by atoms with Gasteiger partial charge >= 0.3 is 0 Å². The quantitative estimate of drug-likeness (QED) is 0.734. The number of likely N-dealkylation sites (tertiary alicyclic amines) is 1. The summed E-state index contributed by atoms with van der Waals surface area (Å²) in [4.78, 5) is 15.2. The van der Waals surface area contributed by atoms with Crippen LogP contribution in [0.4, 0.5) is 0 Å². The Bertz CT molecular complexity index is 1000. The molecule has 6 nitrogen and oxygen atoms in total. The van der Waals surface area contributed by atoms with E-state index in [9.17, 15) is 13.2 Å². The summed E-state index contributed by atoms with van der Waals surface area (Å²) in [7, 11) is -3.59. The molecule has 30 heavy (non-hydrogen) atoms. The van der Waals surface area contributed by atoms with Crippen molar-refractivity contribution in [1.82, 2.24) is 9.62 Å². The number of hydrogen-bond acceptors (Lipinski definition) is 4. The van der Waals surface area contributed by atoms with E-state index in [1.165, 1.54) is 6.07 Å². The van der Waals surface area contributed by atoms with Crippen molar-refractivity contribution in [1.29, 1.82) is 0 Å². The Balaban J connectivity index is 1.44. The molecular formula is C23H28N2O4S. The van der Waals surface area contributed by atoms with Crippen LogP contribution in [0.3, 0.4) is 0 Å². The fourth-order valence-corrected chi connectivity index (χ4v) is 5.10. The van der Waals surface area contributed by atoms with Gasteiger partial charge in [0, 0.05) is 30.6 Å². The second kappa shape index (κ2) is 8.78. The van der Waals surface area contributed by atoms with Gasteiger partial charge in [0.05, 0.1) is 11.5 Å². The van der Waals surface area contributed by atoms with Crippen LogP contribution in [-0.4, -0.2) is 45.0 Å². The first kappa shape index (κ1) is 20.9. The summed E-state index contributed by atoms with van der Waals surface area (Å²) in [6, 6.07) is 14.5. The number of para-hydroxylation sites is 1. The molecule has 2 fully saturated rings. The Morgan fingerprint density at radius 1 is 1.13 bits per heavy atom. The van der Waals surface area contributed by atoms with Crippen LogP contribution in [0.25, 0.3) is 0 Å². The molecule has 4 rings (SSSR count). The number of amides is 1. The van der Waals surface area contributed by atoms with Crippen molar-refractivity contribution in [2.24, 2.45) is 5.92 Å². The van der Waals surface area contributed by atoms with Gasteiger partial charge in [-0.25, -0.2) is 13.1 Å². The predicted molar refractivity (Wildman–Crippen MR) is 115 cm³/mol. The fourth-order valence-electron chi connectivity index (χ4n) is 3.77. The smallest absolute Gasteiger partial charge is 0.254 e. The van der Waals surface area contributed by atoms with Crippen LogP contribution < -0.4 is 9.46 Å². The zero-order chi connectivity index (χ0) is 21.1. The second-order valence-electron chi connectivity index (χ2n) is 8.26. The lowest BCUT2D eigenvalue weighted by Gasteiger charge is -2.33. The number of aryl methyl sites for hydroxylation is 1. The number of benzene rings is 2. The first-order valence-corrected chi connectivity index (χ1v) is 12.0. The van der Waals surface area contributed by atoms with Crippen molar-refractivity contribution >= 4 is 15.9 Å². The second-order valence-corrected chi connectivity index (χ2v) is 9.97. The summed E-state index contributed by atoms with van der Waals surface area (Å²) in [6.07, 6.45) is 3.67. The highest BCUT2D eigenvalue weighted by Crippen LogP contribution is 2.25. The number of nitrogens with one attached hydrogen (secondary N) is 1. The minimum atomic E-state index is -3.59. The van der Waals surface area contributed by atoms with E-state index in [1.807, 2.05) is 42.2 Å². The molecule has 0 bridgehead atoms. The van der Waals surface area contributed by atoms with Gasteiger partial charge in [-0.1, -0.05) is 24.3 Å². The van der Waals surface area contributed by atoms with Gasteiger partial charge < -0.3 is 9.64 Å². The monoisotopic (exact) mass is 428 g/mol. The fraction of sp³-hybridized carbons (Fsp3) is 0.435. The van der Waals surface area contributed by atoms with Crippen molar-refractivity contribution in [3.63, 3.8) is 0 Å². The highest BCUT2D eigenvalue weighted by atomic mass is 32.2. The number of piperidine rings is 1. The van der Waals surface area contributed by atoms with Crippen LogP contribution in [-0.2, 0) is 10.0 Å². The Morgan fingerprint density at radius 3 is 2.63 bits per heavy atom. The van der Waals surface area contributed by atoms with Gasteiger partial charge in [-0.05, 0) is 62.4 Å². The average molecular weight is 429 g/mol. The maximum atomic E-state index is 13.2. The third kappa shape index (κ3) is 5.02. The van der Waals surface area contributed by atoms with E-state index in [0.29, 0.717) is 25.3 Å². The van der Waals surface area contributed by atoms with Crippen LogP contribution in [0, 0.1) is 12.8 Å². The lowest BCUT2D eigenvalue weighted by atomic mass is 9.97.